The SMILES string of the molecule is O=C(Nc1ccccc1Cl)c1cc(-c2ccc(F)cc2)on1. The maximum Gasteiger partial charge on any atom is 0.277 e. The fourth-order valence-corrected chi connectivity index (χ4v) is 2.06. The molecule has 6 heteroatoms. The summed E-state index contributed by atoms with van der Waals surface area (Å²) in [5.74, 6) is -0.408. The normalized spacial score (nSPS) is 10.5. The average Bonchev–Trinajstić information content (AvgIpc) is 3.00. The van der Waals surface area contributed by atoms with Crippen LogP contribution in [-0.4, -0.2) is 11.1 Å². The molecule has 0 aliphatic rings. The Balaban J connectivity index is 1.80. The second-order valence-electron chi connectivity index (χ2n) is 4.52. The highest BCUT2D eigenvalue weighted by molar-refractivity contribution is 6.33. The molecule has 0 radical (unpaired) electrons. The molecular formula is C16H10ClFN2O2. The summed E-state index contributed by atoms with van der Waals surface area (Å²) in [7, 11) is 0. The van der Waals surface area contributed by atoms with E-state index in [9.17, 15) is 9.18 Å². The number of rotatable bonds is 3. The number of hydrogen-bond acceptors (Lipinski definition) is 3. The highest BCUT2D eigenvalue weighted by Gasteiger charge is 2.14. The van der Waals surface area contributed by atoms with Gasteiger partial charge in [0.25, 0.3) is 5.91 Å². The summed E-state index contributed by atoms with van der Waals surface area (Å²) in [4.78, 5) is 12.1. The van der Waals surface area contributed by atoms with E-state index >= 15 is 0 Å². The van der Waals surface area contributed by atoms with Crippen molar-refractivity contribution < 1.29 is 13.7 Å². The van der Waals surface area contributed by atoms with Crippen molar-refractivity contribution in [1.29, 1.82) is 0 Å². The van der Waals surface area contributed by atoms with E-state index in [1.807, 2.05) is 0 Å². The summed E-state index contributed by atoms with van der Waals surface area (Å²) in [5.41, 5.74) is 1.23. The molecule has 0 bridgehead atoms. The Hall–Kier alpha value is -2.66. The minimum atomic E-state index is -0.440. The Bertz CT molecular complexity index is 815. The lowest BCUT2D eigenvalue weighted by molar-refractivity contribution is 0.101. The van der Waals surface area contributed by atoms with Crippen molar-refractivity contribution in [3.63, 3.8) is 0 Å². The second kappa shape index (κ2) is 5.99. The summed E-state index contributed by atoms with van der Waals surface area (Å²) in [6.07, 6.45) is 0. The number of anilines is 1. The molecule has 3 rings (SSSR count). The minimum absolute atomic E-state index is 0.110. The third-order valence-electron chi connectivity index (χ3n) is 2.99. The topological polar surface area (TPSA) is 55.1 Å². The second-order valence-corrected chi connectivity index (χ2v) is 4.92. The lowest BCUT2D eigenvalue weighted by Crippen LogP contribution is -2.12. The van der Waals surface area contributed by atoms with Crippen molar-refractivity contribution in [1.82, 2.24) is 5.16 Å². The molecule has 1 N–H and O–H groups in total. The predicted molar refractivity (Wildman–Crippen MR) is 81.3 cm³/mol. The molecule has 0 atom stereocenters. The number of nitrogens with one attached hydrogen (secondary N) is 1. The third kappa shape index (κ3) is 2.99. The van der Waals surface area contributed by atoms with Gasteiger partial charge in [-0.2, -0.15) is 0 Å². The number of halogens is 2. The van der Waals surface area contributed by atoms with Gasteiger partial charge < -0.3 is 9.84 Å². The first-order valence-corrected chi connectivity index (χ1v) is 6.80. The van der Waals surface area contributed by atoms with Crippen molar-refractivity contribution in [3.05, 3.63) is 71.1 Å². The minimum Gasteiger partial charge on any atom is -0.355 e. The maximum atomic E-state index is 12.9. The van der Waals surface area contributed by atoms with Crippen LogP contribution in [-0.2, 0) is 0 Å². The zero-order valence-electron chi connectivity index (χ0n) is 11.2. The fraction of sp³-hybridized carbons (Fsp3) is 0. The van der Waals surface area contributed by atoms with E-state index in [1.54, 1.807) is 36.4 Å². The van der Waals surface area contributed by atoms with Crippen molar-refractivity contribution in [2.75, 3.05) is 5.32 Å². The van der Waals surface area contributed by atoms with Gasteiger partial charge in [0.2, 0.25) is 0 Å². The number of aromatic nitrogens is 1. The first kappa shape index (κ1) is 14.3. The van der Waals surface area contributed by atoms with Crippen LogP contribution >= 0.6 is 11.6 Å². The van der Waals surface area contributed by atoms with E-state index < -0.39 is 5.91 Å². The van der Waals surface area contributed by atoms with Gasteiger partial charge in [0.1, 0.15) is 5.82 Å². The Morgan fingerprint density at radius 2 is 1.86 bits per heavy atom. The smallest absolute Gasteiger partial charge is 0.277 e. The van der Waals surface area contributed by atoms with E-state index in [-0.39, 0.29) is 11.5 Å². The Kier molecular flexibility index (Phi) is 3.89. The van der Waals surface area contributed by atoms with Gasteiger partial charge in [-0.1, -0.05) is 28.9 Å². The largest absolute Gasteiger partial charge is 0.355 e. The molecule has 3 aromatic rings. The van der Waals surface area contributed by atoms with Crippen LogP contribution in [0, 0.1) is 5.82 Å². The van der Waals surface area contributed by atoms with Crippen LogP contribution in [0.1, 0.15) is 10.5 Å². The molecule has 0 fully saturated rings. The molecule has 0 saturated carbocycles. The summed E-state index contributed by atoms with van der Waals surface area (Å²) in [6, 6.07) is 14.1. The molecule has 0 saturated heterocycles. The monoisotopic (exact) mass is 316 g/mol. The van der Waals surface area contributed by atoms with Crippen LogP contribution in [0.25, 0.3) is 11.3 Å². The van der Waals surface area contributed by atoms with Crippen LogP contribution in [0.5, 0.6) is 0 Å². The summed E-state index contributed by atoms with van der Waals surface area (Å²) < 4.78 is 18.0. The van der Waals surface area contributed by atoms with Gasteiger partial charge in [-0.25, -0.2) is 4.39 Å². The van der Waals surface area contributed by atoms with Crippen LogP contribution in [0.3, 0.4) is 0 Å². The lowest BCUT2D eigenvalue weighted by atomic mass is 10.1. The fourth-order valence-electron chi connectivity index (χ4n) is 1.88. The van der Waals surface area contributed by atoms with Gasteiger partial charge >= 0.3 is 0 Å². The standard InChI is InChI=1S/C16H10ClFN2O2/c17-12-3-1-2-4-13(12)19-16(21)14-9-15(22-20-14)10-5-7-11(18)8-6-10/h1-9H,(H,19,21). The number of para-hydroxylation sites is 1. The van der Waals surface area contributed by atoms with Gasteiger partial charge in [0.05, 0.1) is 10.7 Å². The summed E-state index contributed by atoms with van der Waals surface area (Å²) in [6.45, 7) is 0. The molecule has 0 spiro atoms. The number of amides is 1. The maximum absolute atomic E-state index is 12.9. The van der Waals surface area contributed by atoms with Gasteiger partial charge in [-0.3, -0.25) is 4.79 Å². The van der Waals surface area contributed by atoms with E-state index in [2.05, 4.69) is 10.5 Å². The predicted octanol–water partition coefficient (Wildman–Crippen LogP) is 4.39. The van der Waals surface area contributed by atoms with Gasteiger partial charge in [-0.05, 0) is 36.4 Å². The highest BCUT2D eigenvalue weighted by Crippen LogP contribution is 2.23. The van der Waals surface area contributed by atoms with Crippen LogP contribution in [0.15, 0.2) is 59.1 Å². The molecule has 1 aromatic heterocycles. The molecule has 1 heterocycles. The zero-order valence-corrected chi connectivity index (χ0v) is 12.0. The number of carbonyl (C=O) groups is 1. The molecule has 4 nitrogen and oxygen atoms in total. The number of nitrogens with zero attached hydrogens (tertiary/aromatic N) is 1. The molecule has 2 aromatic carbocycles. The van der Waals surface area contributed by atoms with Gasteiger partial charge in [0, 0.05) is 11.6 Å². The van der Waals surface area contributed by atoms with Gasteiger partial charge in [0.15, 0.2) is 11.5 Å². The number of benzene rings is 2. The molecule has 0 aliphatic heterocycles. The lowest BCUT2D eigenvalue weighted by Gasteiger charge is -2.03. The zero-order chi connectivity index (χ0) is 15.5. The molecule has 22 heavy (non-hydrogen) atoms. The Morgan fingerprint density at radius 3 is 2.59 bits per heavy atom. The molecule has 0 unspecified atom stereocenters. The van der Waals surface area contributed by atoms with E-state index in [0.29, 0.717) is 22.0 Å². The van der Waals surface area contributed by atoms with Crippen molar-refractivity contribution in [2.24, 2.45) is 0 Å². The van der Waals surface area contributed by atoms with Crippen molar-refractivity contribution >= 4 is 23.2 Å². The van der Waals surface area contributed by atoms with Gasteiger partial charge in [-0.15, -0.1) is 0 Å². The third-order valence-corrected chi connectivity index (χ3v) is 3.32. The molecular weight excluding hydrogens is 307 g/mol. The summed E-state index contributed by atoms with van der Waals surface area (Å²) >= 11 is 5.98. The highest BCUT2D eigenvalue weighted by atomic mass is 35.5. The van der Waals surface area contributed by atoms with E-state index in [0.717, 1.165) is 0 Å². The number of carbonyl (C=O) groups excluding carboxylic acids is 1. The first-order valence-electron chi connectivity index (χ1n) is 6.42. The average molecular weight is 317 g/mol. The van der Waals surface area contributed by atoms with E-state index in [1.165, 1.54) is 18.2 Å². The molecule has 0 aliphatic carbocycles. The van der Waals surface area contributed by atoms with Crippen LogP contribution in [0.4, 0.5) is 10.1 Å². The Morgan fingerprint density at radius 1 is 1.14 bits per heavy atom. The Labute approximate surface area is 130 Å². The number of hydrogen-bond donors (Lipinski definition) is 1. The summed E-state index contributed by atoms with van der Waals surface area (Å²) in [5, 5.41) is 6.79. The van der Waals surface area contributed by atoms with Crippen molar-refractivity contribution in [3.8, 4) is 11.3 Å². The van der Waals surface area contributed by atoms with Crippen molar-refractivity contribution in [2.45, 2.75) is 0 Å². The first-order chi connectivity index (χ1) is 10.6. The molecule has 110 valence electrons. The van der Waals surface area contributed by atoms with E-state index in [4.69, 9.17) is 16.1 Å². The molecule has 1 amide bonds. The quantitative estimate of drug-likeness (QED) is 0.779. The van der Waals surface area contributed by atoms with Crippen LogP contribution in [0.2, 0.25) is 5.02 Å². The van der Waals surface area contributed by atoms with Crippen LogP contribution < -0.4 is 5.32 Å².